The van der Waals surface area contributed by atoms with Crippen molar-refractivity contribution in [2.45, 2.75) is 4.90 Å². The molecule has 0 saturated carbocycles. The fourth-order valence-electron chi connectivity index (χ4n) is 2.24. The van der Waals surface area contributed by atoms with Crippen LogP contribution in [-0.2, 0) is 10.0 Å². The van der Waals surface area contributed by atoms with E-state index in [0.29, 0.717) is 22.0 Å². The van der Waals surface area contributed by atoms with Gasteiger partial charge in [0.1, 0.15) is 0 Å². The normalized spacial score (nSPS) is 11.0. The Balaban J connectivity index is 1.72. The lowest BCUT2D eigenvalue weighted by Gasteiger charge is -2.09. The Hall–Kier alpha value is -2.83. The molecule has 0 aliphatic heterocycles. The molecule has 0 bridgehead atoms. The highest BCUT2D eigenvalue weighted by atomic mass is 35.5. The Labute approximate surface area is 156 Å². The van der Waals surface area contributed by atoms with E-state index in [2.05, 4.69) is 10.0 Å². The Morgan fingerprint density at radius 2 is 1.35 bits per heavy atom. The molecule has 0 aromatic heterocycles. The van der Waals surface area contributed by atoms with Gasteiger partial charge < -0.3 is 5.32 Å². The summed E-state index contributed by atoms with van der Waals surface area (Å²) in [5.74, 6) is -0.263. The summed E-state index contributed by atoms with van der Waals surface area (Å²) in [6, 6.07) is 21.1. The van der Waals surface area contributed by atoms with Gasteiger partial charge >= 0.3 is 0 Å². The third-order valence-corrected chi connectivity index (χ3v) is 5.20. The topological polar surface area (TPSA) is 75.3 Å². The first-order chi connectivity index (χ1) is 12.4. The number of benzene rings is 3. The predicted molar refractivity (Wildman–Crippen MR) is 103 cm³/mol. The molecule has 132 valence electrons. The lowest BCUT2D eigenvalue weighted by molar-refractivity contribution is 0.102. The van der Waals surface area contributed by atoms with E-state index in [0.717, 1.165) is 0 Å². The summed E-state index contributed by atoms with van der Waals surface area (Å²) in [6.45, 7) is 0. The van der Waals surface area contributed by atoms with Crippen molar-refractivity contribution in [2.75, 3.05) is 10.0 Å². The molecule has 0 aliphatic rings. The average molecular weight is 387 g/mol. The largest absolute Gasteiger partial charge is 0.322 e. The molecule has 7 heteroatoms. The van der Waals surface area contributed by atoms with Crippen LogP contribution in [0.3, 0.4) is 0 Å². The zero-order valence-corrected chi connectivity index (χ0v) is 15.1. The molecule has 0 aliphatic carbocycles. The Morgan fingerprint density at radius 1 is 0.769 bits per heavy atom. The van der Waals surface area contributed by atoms with Gasteiger partial charge in [0.15, 0.2) is 0 Å². The van der Waals surface area contributed by atoms with E-state index >= 15 is 0 Å². The highest BCUT2D eigenvalue weighted by molar-refractivity contribution is 7.92. The third-order valence-electron chi connectivity index (χ3n) is 3.55. The molecule has 0 unspecified atom stereocenters. The van der Waals surface area contributed by atoms with E-state index in [9.17, 15) is 13.2 Å². The van der Waals surface area contributed by atoms with Crippen molar-refractivity contribution in [3.8, 4) is 0 Å². The number of anilines is 2. The molecule has 0 spiro atoms. The lowest BCUT2D eigenvalue weighted by Crippen LogP contribution is -2.14. The lowest BCUT2D eigenvalue weighted by atomic mass is 10.2. The van der Waals surface area contributed by atoms with Crippen molar-refractivity contribution in [1.82, 2.24) is 0 Å². The van der Waals surface area contributed by atoms with Crippen molar-refractivity contribution in [1.29, 1.82) is 0 Å². The Morgan fingerprint density at radius 3 is 1.96 bits per heavy atom. The van der Waals surface area contributed by atoms with Crippen LogP contribution in [0.1, 0.15) is 10.4 Å². The molecule has 0 heterocycles. The molecule has 26 heavy (non-hydrogen) atoms. The van der Waals surface area contributed by atoms with Crippen LogP contribution in [0.5, 0.6) is 0 Å². The van der Waals surface area contributed by atoms with Crippen LogP contribution in [0.2, 0.25) is 5.02 Å². The smallest absolute Gasteiger partial charge is 0.261 e. The van der Waals surface area contributed by atoms with E-state index in [1.165, 1.54) is 24.3 Å². The number of halogens is 1. The number of carbonyl (C=O) groups excluding carboxylic acids is 1. The number of amides is 1. The SMILES string of the molecule is O=C(Nc1ccc(S(=O)(=O)Nc2ccc(Cl)cc2)cc1)c1ccccc1. The van der Waals surface area contributed by atoms with Crippen molar-refractivity contribution in [2.24, 2.45) is 0 Å². The van der Waals surface area contributed by atoms with Crippen LogP contribution in [-0.4, -0.2) is 14.3 Å². The Kier molecular flexibility index (Phi) is 5.25. The standard InChI is InChI=1S/C19H15ClN2O3S/c20-15-6-8-17(9-7-15)22-26(24,25)18-12-10-16(11-13-18)21-19(23)14-4-2-1-3-5-14/h1-13,22H,(H,21,23). The van der Waals surface area contributed by atoms with Crippen molar-refractivity contribution < 1.29 is 13.2 Å². The van der Waals surface area contributed by atoms with Crippen LogP contribution in [0.25, 0.3) is 0 Å². The van der Waals surface area contributed by atoms with Gasteiger partial charge in [-0.2, -0.15) is 0 Å². The first-order valence-corrected chi connectivity index (χ1v) is 9.55. The van der Waals surface area contributed by atoms with Crippen molar-refractivity contribution in [3.63, 3.8) is 0 Å². The second-order valence-corrected chi connectivity index (χ2v) is 7.58. The maximum absolute atomic E-state index is 12.4. The molecule has 0 fully saturated rings. The molecule has 3 aromatic carbocycles. The number of sulfonamides is 1. The van der Waals surface area contributed by atoms with Gasteiger partial charge in [0, 0.05) is 22.0 Å². The van der Waals surface area contributed by atoms with Crippen LogP contribution >= 0.6 is 11.6 Å². The van der Waals surface area contributed by atoms with Gasteiger partial charge in [-0.05, 0) is 60.7 Å². The fraction of sp³-hybridized carbons (Fsp3) is 0. The first-order valence-electron chi connectivity index (χ1n) is 7.69. The summed E-state index contributed by atoms with van der Waals surface area (Å²) in [6.07, 6.45) is 0. The van der Waals surface area contributed by atoms with Gasteiger partial charge in [-0.15, -0.1) is 0 Å². The van der Waals surface area contributed by atoms with Crippen molar-refractivity contribution in [3.05, 3.63) is 89.4 Å². The number of hydrogen-bond acceptors (Lipinski definition) is 3. The predicted octanol–water partition coefficient (Wildman–Crippen LogP) is 4.39. The van der Waals surface area contributed by atoms with E-state index in [-0.39, 0.29) is 10.8 Å². The minimum absolute atomic E-state index is 0.0881. The van der Waals surface area contributed by atoms with Gasteiger partial charge in [-0.25, -0.2) is 8.42 Å². The number of carbonyl (C=O) groups is 1. The second-order valence-electron chi connectivity index (χ2n) is 5.46. The van der Waals surface area contributed by atoms with Crippen LogP contribution in [0.15, 0.2) is 83.8 Å². The maximum atomic E-state index is 12.4. The minimum atomic E-state index is -3.73. The summed E-state index contributed by atoms with van der Waals surface area (Å²) in [7, 11) is -3.73. The molecule has 5 nitrogen and oxygen atoms in total. The quantitative estimate of drug-likeness (QED) is 0.682. The molecule has 0 saturated heterocycles. The zero-order valence-electron chi connectivity index (χ0n) is 13.5. The van der Waals surface area contributed by atoms with Gasteiger partial charge in [0.2, 0.25) is 0 Å². The van der Waals surface area contributed by atoms with Crippen LogP contribution < -0.4 is 10.0 Å². The third kappa shape index (κ3) is 4.41. The van der Waals surface area contributed by atoms with E-state index in [4.69, 9.17) is 11.6 Å². The van der Waals surface area contributed by atoms with Crippen LogP contribution in [0, 0.1) is 0 Å². The highest BCUT2D eigenvalue weighted by Crippen LogP contribution is 2.20. The zero-order chi connectivity index (χ0) is 18.6. The molecule has 0 radical (unpaired) electrons. The van der Waals surface area contributed by atoms with Crippen molar-refractivity contribution >= 4 is 38.9 Å². The van der Waals surface area contributed by atoms with Gasteiger partial charge in [0.05, 0.1) is 4.90 Å². The summed E-state index contributed by atoms with van der Waals surface area (Å²) in [5.41, 5.74) is 1.44. The molecule has 3 aromatic rings. The van der Waals surface area contributed by atoms with Gasteiger partial charge in [-0.1, -0.05) is 29.8 Å². The number of nitrogens with one attached hydrogen (secondary N) is 2. The second kappa shape index (κ2) is 7.59. The van der Waals surface area contributed by atoms with E-state index < -0.39 is 10.0 Å². The van der Waals surface area contributed by atoms with Crippen LogP contribution in [0.4, 0.5) is 11.4 Å². The Bertz CT molecular complexity index is 1000. The summed E-state index contributed by atoms with van der Waals surface area (Å²) in [4.78, 5) is 12.2. The monoisotopic (exact) mass is 386 g/mol. The number of rotatable bonds is 5. The summed E-state index contributed by atoms with van der Waals surface area (Å²) in [5, 5.41) is 3.24. The molecule has 2 N–H and O–H groups in total. The molecule has 3 rings (SSSR count). The molecular formula is C19H15ClN2O3S. The maximum Gasteiger partial charge on any atom is 0.261 e. The fourth-order valence-corrected chi connectivity index (χ4v) is 3.43. The summed E-state index contributed by atoms with van der Waals surface area (Å²) < 4.78 is 27.3. The van der Waals surface area contributed by atoms with Gasteiger partial charge in [0.25, 0.3) is 15.9 Å². The van der Waals surface area contributed by atoms with E-state index in [1.807, 2.05) is 6.07 Å². The first kappa shape index (κ1) is 18.0. The molecular weight excluding hydrogens is 372 g/mol. The van der Waals surface area contributed by atoms with E-state index in [1.54, 1.807) is 48.5 Å². The molecule has 1 amide bonds. The minimum Gasteiger partial charge on any atom is -0.322 e. The summed E-state index contributed by atoms with van der Waals surface area (Å²) >= 11 is 5.79. The highest BCUT2D eigenvalue weighted by Gasteiger charge is 2.14. The van der Waals surface area contributed by atoms with Gasteiger partial charge in [-0.3, -0.25) is 9.52 Å². The number of hydrogen-bond donors (Lipinski definition) is 2. The molecule has 0 atom stereocenters. The average Bonchev–Trinajstić information content (AvgIpc) is 2.64.